The van der Waals surface area contributed by atoms with Crippen LogP contribution in [0.4, 0.5) is 0 Å². The third-order valence-electron chi connectivity index (χ3n) is 2.73. The highest BCUT2D eigenvalue weighted by Crippen LogP contribution is 2.33. The van der Waals surface area contributed by atoms with Crippen molar-refractivity contribution in [2.24, 2.45) is 0 Å². The summed E-state index contributed by atoms with van der Waals surface area (Å²) < 4.78 is 10.2. The van der Waals surface area contributed by atoms with Crippen LogP contribution in [-0.4, -0.2) is 18.9 Å². The number of fused-ring (bicyclic) bond motifs is 1. The molecule has 1 aromatic rings. The number of carbonyl (C=O) groups is 2. The molecule has 2 rings (SSSR count). The maximum atomic E-state index is 11.9. The number of methoxy groups -OCH3 is 1. The molecule has 0 fully saturated rings. The van der Waals surface area contributed by atoms with Crippen LogP contribution in [0.1, 0.15) is 35.7 Å². The van der Waals surface area contributed by atoms with E-state index in [2.05, 4.69) is 0 Å². The minimum atomic E-state index is -0.419. The quantitative estimate of drug-likeness (QED) is 0.594. The van der Waals surface area contributed by atoms with Gasteiger partial charge in [-0.25, -0.2) is 0 Å². The van der Waals surface area contributed by atoms with Crippen molar-refractivity contribution in [3.8, 4) is 11.5 Å². The zero-order chi connectivity index (χ0) is 13.1. The van der Waals surface area contributed by atoms with Crippen LogP contribution >= 0.6 is 0 Å². The van der Waals surface area contributed by atoms with E-state index in [-0.39, 0.29) is 5.78 Å². The molecule has 0 saturated heterocycles. The molecule has 0 unspecified atom stereocenters. The molecular weight excluding hydrogens is 232 g/mol. The number of esters is 1. The van der Waals surface area contributed by atoms with Crippen molar-refractivity contribution in [1.29, 1.82) is 0 Å². The number of hydrogen-bond donors (Lipinski definition) is 0. The summed E-state index contributed by atoms with van der Waals surface area (Å²) in [6, 6.07) is 3.29. The molecule has 0 aromatic heterocycles. The van der Waals surface area contributed by atoms with Gasteiger partial charge in [0.15, 0.2) is 17.3 Å². The van der Waals surface area contributed by atoms with E-state index in [0.717, 1.165) is 12.0 Å². The normalized spacial score (nSPS) is 13.8. The van der Waals surface area contributed by atoms with Gasteiger partial charge in [-0.3, -0.25) is 9.59 Å². The maximum absolute atomic E-state index is 11.9. The Bertz CT molecular complexity index is 529. The number of Topliss-reactive ketones (excluding diaryl/α,β-unsaturated/α-hetero) is 1. The molecule has 0 N–H and O–H groups in total. The first-order chi connectivity index (χ1) is 8.61. The van der Waals surface area contributed by atoms with Gasteiger partial charge in [-0.15, -0.1) is 0 Å². The fourth-order valence-electron chi connectivity index (χ4n) is 1.91. The van der Waals surface area contributed by atoms with Gasteiger partial charge in [-0.1, -0.05) is 12.2 Å². The van der Waals surface area contributed by atoms with E-state index < -0.39 is 5.97 Å². The minimum absolute atomic E-state index is 0.0719. The smallest absolute Gasteiger partial charge is 0.308 e. The molecular formula is C14H14O4. The average Bonchev–Trinajstić information content (AvgIpc) is 2.50. The van der Waals surface area contributed by atoms with Gasteiger partial charge in [0.2, 0.25) is 0 Å². The van der Waals surface area contributed by atoms with Crippen LogP contribution in [0, 0.1) is 0 Å². The molecule has 4 nitrogen and oxygen atoms in total. The van der Waals surface area contributed by atoms with Crippen LogP contribution in [-0.2, 0) is 4.79 Å². The first kappa shape index (κ1) is 12.4. The Kier molecular flexibility index (Phi) is 3.46. The molecule has 0 aliphatic heterocycles. The predicted octanol–water partition coefficient (Wildman–Crippen LogP) is 2.61. The predicted molar refractivity (Wildman–Crippen MR) is 66.9 cm³/mol. The lowest BCUT2D eigenvalue weighted by atomic mass is 10.0. The number of ketones is 1. The molecule has 0 saturated carbocycles. The van der Waals surface area contributed by atoms with Crippen molar-refractivity contribution in [2.45, 2.75) is 19.8 Å². The average molecular weight is 246 g/mol. The SMILES string of the molecule is COc1cc2c(cc1OC(C)=O)C=CCCC2=O. The highest BCUT2D eigenvalue weighted by atomic mass is 16.6. The van der Waals surface area contributed by atoms with Gasteiger partial charge in [0.1, 0.15) is 0 Å². The van der Waals surface area contributed by atoms with Crippen LogP contribution in [0.15, 0.2) is 18.2 Å². The Labute approximate surface area is 105 Å². The Morgan fingerprint density at radius 1 is 1.28 bits per heavy atom. The second-order valence-electron chi connectivity index (χ2n) is 4.05. The minimum Gasteiger partial charge on any atom is -0.493 e. The fourth-order valence-corrected chi connectivity index (χ4v) is 1.91. The Morgan fingerprint density at radius 3 is 2.72 bits per heavy atom. The van der Waals surface area contributed by atoms with E-state index in [1.54, 1.807) is 12.1 Å². The third kappa shape index (κ3) is 2.42. The van der Waals surface area contributed by atoms with Crippen molar-refractivity contribution in [3.05, 3.63) is 29.3 Å². The molecule has 0 radical (unpaired) electrons. The largest absolute Gasteiger partial charge is 0.493 e. The van der Waals surface area contributed by atoms with Gasteiger partial charge >= 0.3 is 5.97 Å². The van der Waals surface area contributed by atoms with E-state index >= 15 is 0 Å². The van der Waals surface area contributed by atoms with Gasteiger partial charge in [-0.2, -0.15) is 0 Å². The molecule has 0 amide bonds. The Morgan fingerprint density at radius 2 is 2.06 bits per heavy atom. The van der Waals surface area contributed by atoms with Crippen molar-refractivity contribution in [3.63, 3.8) is 0 Å². The van der Waals surface area contributed by atoms with E-state index in [1.807, 2.05) is 12.2 Å². The lowest BCUT2D eigenvalue weighted by Crippen LogP contribution is -2.06. The molecule has 1 aliphatic carbocycles. The molecule has 4 heteroatoms. The van der Waals surface area contributed by atoms with Gasteiger partial charge < -0.3 is 9.47 Å². The molecule has 1 aliphatic rings. The zero-order valence-corrected chi connectivity index (χ0v) is 10.4. The van der Waals surface area contributed by atoms with Gasteiger partial charge in [0.25, 0.3) is 0 Å². The van der Waals surface area contributed by atoms with Crippen molar-refractivity contribution in [2.75, 3.05) is 7.11 Å². The lowest BCUT2D eigenvalue weighted by molar-refractivity contribution is -0.132. The van der Waals surface area contributed by atoms with Crippen molar-refractivity contribution in [1.82, 2.24) is 0 Å². The van der Waals surface area contributed by atoms with E-state index in [1.165, 1.54) is 14.0 Å². The molecule has 0 spiro atoms. The van der Waals surface area contributed by atoms with Gasteiger partial charge in [0.05, 0.1) is 7.11 Å². The van der Waals surface area contributed by atoms with Crippen molar-refractivity contribution < 1.29 is 19.1 Å². The highest BCUT2D eigenvalue weighted by molar-refractivity contribution is 6.01. The number of carbonyl (C=O) groups excluding carboxylic acids is 2. The molecule has 0 bridgehead atoms. The van der Waals surface area contributed by atoms with Crippen LogP contribution in [0.5, 0.6) is 11.5 Å². The summed E-state index contributed by atoms with van der Waals surface area (Å²) in [6.45, 7) is 1.33. The zero-order valence-electron chi connectivity index (χ0n) is 10.4. The second-order valence-corrected chi connectivity index (χ2v) is 4.05. The van der Waals surface area contributed by atoms with Gasteiger partial charge in [-0.05, 0) is 24.1 Å². The van der Waals surface area contributed by atoms with E-state index in [0.29, 0.717) is 23.5 Å². The number of ether oxygens (including phenoxy) is 2. The second kappa shape index (κ2) is 5.04. The summed E-state index contributed by atoms with van der Waals surface area (Å²) in [4.78, 5) is 22.9. The summed E-state index contributed by atoms with van der Waals surface area (Å²) in [5.41, 5.74) is 1.37. The summed E-state index contributed by atoms with van der Waals surface area (Å²) in [5, 5.41) is 0. The Balaban J connectivity index is 2.53. The van der Waals surface area contributed by atoms with Crippen molar-refractivity contribution >= 4 is 17.8 Å². The summed E-state index contributed by atoms with van der Waals surface area (Å²) in [7, 11) is 1.48. The summed E-state index contributed by atoms with van der Waals surface area (Å²) in [5.74, 6) is 0.385. The first-order valence-corrected chi connectivity index (χ1v) is 5.72. The van der Waals surface area contributed by atoms with E-state index in [9.17, 15) is 9.59 Å². The summed E-state index contributed by atoms with van der Waals surface area (Å²) >= 11 is 0. The molecule has 94 valence electrons. The van der Waals surface area contributed by atoms with Gasteiger partial charge in [0, 0.05) is 18.9 Å². The number of benzene rings is 1. The standard InChI is InChI=1S/C14H14O4/c1-9(15)18-14-7-10-5-3-4-6-12(16)11(10)8-13(14)17-2/h3,5,7-8H,4,6H2,1-2H3. The lowest BCUT2D eigenvalue weighted by Gasteiger charge is -2.11. The first-order valence-electron chi connectivity index (χ1n) is 5.72. The highest BCUT2D eigenvalue weighted by Gasteiger charge is 2.17. The number of rotatable bonds is 2. The van der Waals surface area contributed by atoms with E-state index in [4.69, 9.17) is 9.47 Å². The number of hydrogen-bond acceptors (Lipinski definition) is 4. The number of allylic oxidation sites excluding steroid dienone is 1. The molecule has 0 heterocycles. The van der Waals surface area contributed by atoms with Crippen LogP contribution in [0.2, 0.25) is 0 Å². The topological polar surface area (TPSA) is 52.6 Å². The Hall–Kier alpha value is -2.10. The van der Waals surface area contributed by atoms with Crippen LogP contribution in [0.25, 0.3) is 6.08 Å². The third-order valence-corrected chi connectivity index (χ3v) is 2.73. The molecule has 0 atom stereocenters. The molecule has 18 heavy (non-hydrogen) atoms. The van der Waals surface area contributed by atoms with Crippen LogP contribution < -0.4 is 9.47 Å². The summed E-state index contributed by atoms with van der Waals surface area (Å²) in [6.07, 6.45) is 5.01. The maximum Gasteiger partial charge on any atom is 0.308 e. The molecule has 1 aromatic carbocycles. The fraction of sp³-hybridized carbons (Fsp3) is 0.286. The van der Waals surface area contributed by atoms with Crippen LogP contribution in [0.3, 0.4) is 0 Å². The monoisotopic (exact) mass is 246 g/mol.